The minimum atomic E-state index is -0.000672. The molecule has 0 aromatic heterocycles. The summed E-state index contributed by atoms with van der Waals surface area (Å²) in [7, 11) is 0. The number of unbranched alkanes of at least 4 members (excludes halogenated alkanes) is 7. The van der Waals surface area contributed by atoms with E-state index < -0.39 is 0 Å². The first-order valence-electron chi connectivity index (χ1n) is 8.27. The third kappa shape index (κ3) is 15.0. The summed E-state index contributed by atoms with van der Waals surface area (Å²) < 4.78 is 0. The first-order valence-corrected chi connectivity index (χ1v) is 8.27. The number of hydrogen-bond acceptors (Lipinski definition) is 1. The molecule has 1 amide bonds. The van der Waals surface area contributed by atoms with Gasteiger partial charge in [0.05, 0.1) is 0 Å². The minimum absolute atomic E-state index is 0.000672. The molecule has 1 N–H and O–H groups in total. The van der Waals surface area contributed by atoms with Crippen molar-refractivity contribution in [1.82, 2.24) is 5.32 Å². The zero-order valence-corrected chi connectivity index (χ0v) is 13.7. The molecule has 0 rings (SSSR count). The molecule has 0 bridgehead atoms. The van der Waals surface area contributed by atoms with Crippen LogP contribution in [-0.4, -0.2) is 12.5 Å². The van der Waals surface area contributed by atoms with Gasteiger partial charge in [0.1, 0.15) is 0 Å². The number of amides is 1. The molecule has 0 spiro atoms. The fourth-order valence-corrected chi connectivity index (χ4v) is 1.90. The predicted octanol–water partition coefficient (Wildman–Crippen LogP) is 5.01. The molecule has 2 nitrogen and oxygen atoms in total. The average Bonchev–Trinajstić information content (AvgIpc) is 2.42. The van der Waals surface area contributed by atoms with E-state index in [0.717, 1.165) is 13.0 Å². The van der Waals surface area contributed by atoms with Crippen LogP contribution in [0.3, 0.4) is 0 Å². The highest BCUT2D eigenvalue weighted by Crippen LogP contribution is 2.08. The summed E-state index contributed by atoms with van der Waals surface area (Å²) in [6.45, 7) is 7.17. The maximum absolute atomic E-state index is 11.4. The third-order valence-electron chi connectivity index (χ3n) is 3.15. The smallest absolute Gasteiger partial charge is 0.243 e. The van der Waals surface area contributed by atoms with Crippen LogP contribution in [0.5, 0.6) is 0 Å². The van der Waals surface area contributed by atoms with Gasteiger partial charge in [0, 0.05) is 12.6 Å². The van der Waals surface area contributed by atoms with Crippen molar-refractivity contribution in [3.05, 3.63) is 24.3 Å². The minimum Gasteiger partial charge on any atom is -0.352 e. The Hall–Kier alpha value is -1.05. The summed E-state index contributed by atoms with van der Waals surface area (Å²) in [4.78, 5) is 11.4. The van der Waals surface area contributed by atoms with E-state index in [1.807, 2.05) is 12.2 Å². The molecule has 0 aromatic rings. The average molecular weight is 279 g/mol. The molecular formula is C18H33NO. The lowest BCUT2D eigenvalue weighted by Crippen LogP contribution is -2.25. The summed E-state index contributed by atoms with van der Waals surface area (Å²) in [5, 5.41) is 2.86. The van der Waals surface area contributed by atoms with Gasteiger partial charge in [-0.2, -0.15) is 0 Å². The molecule has 0 heterocycles. The van der Waals surface area contributed by atoms with Crippen molar-refractivity contribution in [3.8, 4) is 0 Å². The molecule has 116 valence electrons. The Morgan fingerprint density at radius 2 is 1.65 bits per heavy atom. The zero-order chi connectivity index (χ0) is 15.1. The van der Waals surface area contributed by atoms with Gasteiger partial charge in [0.2, 0.25) is 5.91 Å². The number of carbonyl (C=O) groups is 1. The topological polar surface area (TPSA) is 29.1 Å². The molecule has 0 fully saturated rings. The SMILES string of the molecule is CCCCCCCCC/C=C/C=C/C(=O)NCC(C)C. The van der Waals surface area contributed by atoms with Gasteiger partial charge >= 0.3 is 0 Å². The van der Waals surface area contributed by atoms with E-state index in [2.05, 4.69) is 32.2 Å². The van der Waals surface area contributed by atoms with E-state index in [-0.39, 0.29) is 5.91 Å². The van der Waals surface area contributed by atoms with Crippen LogP contribution >= 0.6 is 0 Å². The first kappa shape index (κ1) is 18.9. The molecular weight excluding hydrogens is 246 g/mol. The second-order valence-electron chi connectivity index (χ2n) is 5.84. The Balaban J connectivity index is 3.40. The standard InChI is InChI=1S/C18H33NO/c1-4-5-6-7-8-9-10-11-12-13-14-15-18(20)19-16-17(2)3/h12-15,17H,4-11,16H2,1-3H3,(H,19,20)/b13-12+,15-14+. The second kappa shape index (κ2) is 14.4. The summed E-state index contributed by atoms with van der Waals surface area (Å²) in [6.07, 6.45) is 18.1. The maximum atomic E-state index is 11.4. The first-order chi connectivity index (χ1) is 9.66. The van der Waals surface area contributed by atoms with Crippen LogP contribution in [0, 0.1) is 5.92 Å². The van der Waals surface area contributed by atoms with Crippen LogP contribution in [0.25, 0.3) is 0 Å². The van der Waals surface area contributed by atoms with Crippen molar-refractivity contribution < 1.29 is 4.79 Å². The van der Waals surface area contributed by atoms with Gasteiger partial charge in [0.25, 0.3) is 0 Å². The van der Waals surface area contributed by atoms with Gasteiger partial charge in [-0.25, -0.2) is 0 Å². The zero-order valence-electron chi connectivity index (χ0n) is 13.7. The molecule has 0 aromatic carbocycles. The van der Waals surface area contributed by atoms with Gasteiger partial charge in [-0.15, -0.1) is 0 Å². The van der Waals surface area contributed by atoms with Crippen molar-refractivity contribution in [2.45, 2.75) is 72.1 Å². The largest absolute Gasteiger partial charge is 0.352 e. The van der Waals surface area contributed by atoms with Crippen molar-refractivity contribution in [2.75, 3.05) is 6.54 Å². The van der Waals surface area contributed by atoms with E-state index in [1.165, 1.54) is 44.9 Å². The monoisotopic (exact) mass is 279 g/mol. The summed E-state index contributed by atoms with van der Waals surface area (Å²) >= 11 is 0. The Morgan fingerprint density at radius 3 is 2.30 bits per heavy atom. The van der Waals surface area contributed by atoms with Crippen molar-refractivity contribution in [1.29, 1.82) is 0 Å². The highest BCUT2D eigenvalue weighted by Gasteiger charge is 1.95. The Bertz CT molecular complexity index is 279. The van der Waals surface area contributed by atoms with E-state index >= 15 is 0 Å². The van der Waals surface area contributed by atoms with Crippen LogP contribution in [0.15, 0.2) is 24.3 Å². The molecule has 0 atom stereocenters. The van der Waals surface area contributed by atoms with Crippen LogP contribution in [0.1, 0.15) is 72.1 Å². The van der Waals surface area contributed by atoms with E-state index in [1.54, 1.807) is 6.08 Å². The van der Waals surface area contributed by atoms with Crippen molar-refractivity contribution in [2.24, 2.45) is 5.92 Å². The number of allylic oxidation sites excluding steroid dienone is 3. The van der Waals surface area contributed by atoms with Gasteiger partial charge in [-0.05, 0) is 18.8 Å². The third-order valence-corrected chi connectivity index (χ3v) is 3.15. The highest BCUT2D eigenvalue weighted by atomic mass is 16.1. The fraction of sp³-hybridized carbons (Fsp3) is 0.722. The Morgan fingerprint density at radius 1 is 1.00 bits per heavy atom. The molecule has 20 heavy (non-hydrogen) atoms. The van der Waals surface area contributed by atoms with Crippen molar-refractivity contribution in [3.63, 3.8) is 0 Å². The van der Waals surface area contributed by atoms with Crippen LogP contribution < -0.4 is 5.32 Å². The normalized spacial score (nSPS) is 11.8. The second-order valence-corrected chi connectivity index (χ2v) is 5.84. The number of nitrogens with one attached hydrogen (secondary N) is 1. The summed E-state index contributed by atoms with van der Waals surface area (Å²) in [5.41, 5.74) is 0. The lowest BCUT2D eigenvalue weighted by atomic mass is 10.1. The van der Waals surface area contributed by atoms with Gasteiger partial charge in [0.15, 0.2) is 0 Å². The highest BCUT2D eigenvalue weighted by molar-refractivity contribution is 5.87. The Kier molecular flexibility index (Phi) is 13.6. The summed E-state index contributed by atoms with van der Waals surface area (Å²) in [5.74, 6) is 0.500. The maximum Gasteiger partial charge on any atom is 0.243 e. The van der Waals surface area contributed by atoms with E-state index in [0.29, 0.717) is 5.92 Å². The lowest BCUT2D eigenvalue weighted by molar-refractivity contribution is -0.116. The molecule has 0 aliphatic rings. The van der Waals surface area contributed by atoms with Gasteiger partial charge in [-0.1, -0.05) is 77.5 Å². The van der Waals surface area contributed by atoms with Gasteiger partial charge in [-0.3, -0.25) is 4.79 Å². The van der Waals surface area contributed by atoms with Crippen LogP contribution in [0.4, 0.5) is 0 Å². The molecule has 2 heteroatoms. The quantitative estimate of drug-likeness (QED) is 0.303. The molecule has 0 aliphatic heterocycles. The van der Waals surface area contributed by atoms with Crippen molar-refractivity contribution >= 4 is 5.91 Å². The Labute approximate surface area is 125 Å². The number of hydrogen-bond donors (Lipinski definition) is 1. The van der Waals surface area contributed by atoms with Gasteiger partial charge < -0.3 is 5.32 Å². The van der Waals surface area contributed by atoms with Crippen LogP contribution in [0.2, 0.25) is 0 Å². The summed E-state index contributed by atoms with van der Waals surface area (Å²) in [6, 6.07) is 0. The fourth-order valence-electron chi connectivity index (χ4n) is 1.90. The molecule has 0 aliphatic carbocycles. The number of carbonyl (C=O) groups excluding carboxylic acids is 1. The van der Waals surface area contributed by atoms with E-state index in [9.17, 15) is 4.79 Å². The lowest BCUT2D eigenvalue weighted by Gasteiger charge is -2.03. The van der Waals surface area contributed by atoms with E-state index in [4.69, 9.17) is 0 Å². The predicted molar refractivity (Wildman–Crippen MR) is 88.7 cm³/mol. The molecule has 0 saturated carbocycles. The molecule has 0 saturated heterocycles. The number of rotatable bonds is 12. The van der Waals surface area contributed by atoms with Crippen LogP contribution in [-0.2, 0) is 4.79 Å². The molecule has 0 radical (unpaired) electrons. The molecule has 0 unspecified atom stereocenters.